The molecule has 0 aliphatic heterocycles. The average molecular weight is 396 g/mol. The number of aromatic nitrogens is 6. The van der Waals surface area contributed by atoms with Crippen molar-refractivity contribution >= 4 is 28.5 Å². The lowest BCUT2D eigenvalue weighted by Gasteiger charge is -2.05. The molecule has 152 valence electrons. The summed E-state index contributed by atoms with van der Waals surface area (Å²) in [6.07, 6.45) is 5.38. The highest BCUT2D eigenvalue weighted by Crippen LogP contribution is 2.24. The number of rotatable bonds is 8. The van der Waals surface area contributed by atoms with E-state index in [0.717, 1.165) is 18.4 Å². The molecule has 0 aliphatic carbocycles. The van der Waals surface area contributed by atoms with Crippen LogP contribution >= 0.6 is 0 Å². The van der Waals surface area contributed by atoms with Gasteiger partial charge in [-0.2, -0.15) is 14.6 Å². The minimum absolute atomic E-state index is 0.183. The fourth-order valence-electron chi connectivity index (χ4n) is 2.98. The van der Waals surface area contributed by atoms with Crippen molar-refractivity contribution < 1.29 is 9.21 Å². The van der Waals surface area contributed by atoms with Crippen molar-refractivity contribution in [2.45, 2.75) is 39.7 Å². The molecule has 10 heteroatoms. The molecule has 0 aliphatic rings. The van der Waals surface area contributed by atoms with Gasteiger partial charge in [-0.25, -0.2) is 4.98 Å². The first-order chi connectivity index (χ1) is 14.0. The predicted molar refractivity (Wildman–Crippen MR) is 108 cm³/mol. The van der Waals surface area contributed by atoms with Crippen LogP contribution in [0.2, 0.25) is 0 Å². The van der Waals surface area contributed by atoms with E-state index in [-0.39, 0.29) is 11.9 Å². The van der Waals surface area contributed by atoms with Crippen LogP contribution in [-0.2, 0) is 11.3 Å². The lowest BCUT2D eigenvalue weighted by atomic mass is 10.1. The van der Waals surface area contributed by atoms with E-state index in [0.29, 0.717) is 48.2 Å². The molecule has 0 aromatic carbocycles. The number of anilines is 1. The Hall–Kier alpha value is -3.27. The molecule has 10 nitrogen and oxygen atoms in total. The molecule has 0 atom stereocenters. The number of amides is 1. The Morgan fingerprint density at radius 2 is 2.17 bits per heavy atom. The molecule has 4 aromatic rings. The van der Waals surface area contributed by atoms with Gasteiger partial charge in [-0.15, -0.1) is 5.10 Å². The lowest BCUT2D eigenvalue weighted by molar-refractivity contribution is -0.116. The van der Waals surface area contributed by atoms with E-state index in [1.165, 1.54) is 4.52 Å². The number of nitrogens with one attached hydrogen (secondary N) is 1. The smallest absolute Gasteiger partial charge is 0.234 e. The van der Waals surface area contributed by atoms with Gasteiger partial charge in [-0.1, -0.05) is 13.8 Å². The van der Waals surface area contributed by atoms with Crippen LogP contribution in [0, 0.1) is 5.92 Å². The SMILES string of the molecule is CC(C)CCn1cc2c(nc(NC(=O)CCCN)n3nc(-c4ccco4)nc23)n1. The fourth-order valence-corrected chi connectivity index (χ4v) is 2.98. The largest absolute Gasteiger partial charge is 0.461 e. The van der Waals surface area contributed by atoms with Gasteiger partial charge in [0.05, 0.1) is 11.6 Å². The molecule has 4 aromatic heterocycles. The molecule has 0 fully saturated rings. The quantitative estimate of drug-likeness (QED) is 0.468. The lowest BCUT2D eigenvalue weighted by Crippen LogP contribution is -2.17. The number of nitrogens with zero attached hydrogens (tertiary/aromatic N) is 6. The zero-order chi connectivity index (χ0) is 20.4. The third kappa shape index (κ3) is 3.97. The molecular weight excluding hydrogens is 372 g/mol. The van der Waals surface area contributed by atoms with Gasteiger partial charge in [0, 0.05) is 19.2 Å². The highest BCUT2D eigenvalue weighted by atomic mass is 16.3. The van der Waals surface area contributed by atoms with Gasteiger partial charge in [0.2, 0.25) is 17.7 Å². The predicted octanol–water partition coefficient (Wildman–Crippen LogP) is 2.46. The number of nitrogens with two attached hydrogens (primary N) is 1. The normalized spacial score (nSPS) is 11.7. The van der Waals surface area contributed by atoms with Crippen molar-refractivity contribution in [1.82, 2.24) is 29.4 Å². The molecule has 0 radical (unpaired) electrons. The minimum Gasteiger partial charge on any atom is -0.461 e. The third-order valence-corrected chi connectivity index (χ3v) is 4.54. The Labute approximate surface area is 167 Å². The van der Waals surface area contributed by atoms with Crippen LogP contribution in [0.1, 0.15) is 33.1 Å². The molecule has 29 heavy (non-hydrogen) atoms. The second kappa shape index (κ2) is 8.00. The van der Waals surface area contributed by atoms with E-state index in [9.17, 15) is 4.79 Å². The first kappa shape index (κ1) is 19.1. The number of hydrogen-bond acceptors (Lipinski definition) is 7. The number of carbonyl (C=O) groups is 1. The van der Waals surface area contributed by atoms with Crippen LogP contribution in [0.25, 0.3) is 28.3 Å². The number of hydrogen-bond donors (Lipinski definition) is 2. The van der Waals surface area contributed by atoms with Crippen molar-refractivity contribution in [3.63, 3.8) is 0 Å². The van der Waals surface area contributed by atoms with E-state index in [4.69, 9.17) is 10.2 Å². The maximum Gasteiger partial charge on any atom is 0.234 e. The summed E-state index contributed by atoms with van der Waals surface area (Å²) in [4.78, 5) is 21.4. The third-order valence-electron chi connectivity index (χ3n) is 4.54. The molecule has 0 saturated heterocycles. The van der Waals surface area contributed by atoms with Crippen LogP contribution in [-0.4, -0.2) is 41.8 Å². The van der Waals surface area contributed by atoms with Gasteiger partial charge in [0.25, 0.3) is 0 Å². The maximum atomic E-state index is 12.3. The number of aryl methyl sites for hydroxylation is 1. The van der Waals surface area contributed by atoms with Crippen LogP contribution in [0.15, 0.2) is 29.0 Å². The summed E-state index contributed by atoms with van der Waals surface area (Å²) in [7, 11) is 0. The first-order valence-electron chi connectivity index (χ1n) is 9.73. The van der Waals surface area contributed by atoms with Crippen LogP contribution in [0.4, 0.5) is 5.95 Å². The van der Waals surface area contributed by atoms with Crippen molar-refractivity contribution in [2.75, 3.05) is 11.9 Å². The zero-order valence-corrected chi connectivity index (χ0v) is 16.5. The van der Waals surface area contributed by atoms with Gasteiger partial charge in [0.1, 0.15) is 0 Å². The Bertz CT molecular complexity index is 1130. The topological polar surface area (TPSA) is 129 Å². The van der Waals surface area contributed by atoms with Gasteiger partial charge in [0.15, 0.2) is 17.1 Å². The number of furan rings is 1. The van der Waals surface area contributed by atoms with Gasteiger partial charge in [-0.3, -0.25) is 14.8 Å². The van der Waals surface area contributed by atoms with Crippen molar-refractivity contribution in [3.05, 3.63) is 24.6 Å². The summed E-state index contributed by atoms with van der Waals surface area (Å²) >= 11 is 0. The van der Waals surface area contributed by atoms with Crippen molar-refractivity contribution in [2.24, 2.45) is 11.7 Å². The number of carbonyl (C=O) groups excluding carboxylic acids is 1. The van der Waals surface area contributed by atoms with E-state index >= 15 is 0 Å². The van der Waals surface area contributed by atoms with Crippen molar-refractivity contribution in [3.8, 4) is 11.6 Å². The molecule has 4 rings (SSSR count). The van der Waals surface area contributed by atoms with E-state index < -0.39 is 0 Å². The highest BCUT2D eigenvalue weighted by Gasteiger charge is 2.19. The maximum absolute atomic E-state index is 12.3. The first-order valence-corrected chi connectivity index (χ1v) is 9.73. The highest BCUT2D eigenvalue weighted by molar-refractivity contribution is 5.94. The van der Waals surface area contributed by atoms with E-state index in [2.05, 4.69) is 39.3 Å². The summed E-state index contributed by atoms with van der Waals surface area (Å²) in [6, 6.07) is 3.55. The molecule has 0 unspecified atom stereocenters. The monoisotopic (exact) mass is 396 g/mol. The average Bonchev–Trinajstić information content (AvgIpc) is 3.42. The Morgan fingerprint density at radius 1 is 1.31 bits per heavy atom. The molecule has 0 saturated carbocycles. The molecule has 0 bridgehead atoms. The summed E-state index contributed by atoms with van der Waals surface area (Å²) in [5, 5.41) is 12.6. The summed E-state index contributed by atoms with van der Waals surface area (Å²) < 4.78 is 8.81. The summed E-state index contributed by atoms with van der Waals surface area (Å²) in [5.41, 5.74) is 6.57. The van der Waals surface area contributed by atoms with Crippen LogP contribution < -0.4 is 11.1 Å². The second-order valence-corrected chi connectivity index (χ2v) is 7.34. The molecule has 3 N–H and O–H groups in total. The number of fused-ring (bicyclic) bond motifs is 3. The molecule has 0 spiro atoms. The van der Waals surface area contributed by atoms with E-state index in [1.807, 2.05) is 10.9 Å². The van der Waals surface area contributed by atoms with Crippen LogP contribution in [0.5, 0.6) is 0 Å². The molecular formula is C19H24N8O2. The second-order valence-electron chi connectivity index (χ2n) is 7.34. The Kier molecular flexibility index (Phi) is 5.26. The Morgan fingerprint density at radius 3 is 2.90 bits per heavy atom. The summed E-state index contributed by atoms with van der Waals surface area (Å²) in [5.74, 6) is 1.60. The van der Waals surface area contributed by atoms with Gasteiger partial charge in [-0.05, 0) is 37.4 Å². The van der Waals surface area contributed by atoms with Gasteiger partial charge < -0.3 is 10.2 Å². The van der Waals surface area contributed by atoms with Crippen molar-refractivity contribution in [1.29, 1.82) is 0 Å². The van der Waals surface area contributed by atoms with Crippen LogP contribution in [0.3, 0.4) is 0 Å². The Balaban J connectivity index is 1.79. The molecule has 4 heterocycles. The fraction of sp³-hybridized carbons (Fsp3) is 0.421. The van der Waals surface area contributed by atoms with Gasteiger partial charge >= 0.3 is 0 Å². The molecule has 1 amide bonds. The minimum atomic E-state index is -0.183. The van der Waals surface area contributed by atoms with E-state index in [1.54, 1.807) is 18.4 Å². The standard InChI is InChI=1S/C19H24N8O2/c1-12(2)7-9-26-11-13-16(24-26)23-19(21-15(28)6-3-8-20)27-18(13)22-17(25-27)14-5-4-10-29-14/h4-5,10-12H,3,6-9,20H2,1-2H3,(H,21,23,24,28). The zero-order valence-electron chi connectivity index (χ0n) is 16.5. The summed E-state index contributed by atoms with van der Waals surface area (Å²) in [6.45, 7) is 5.56.